The standard InChI is InChI=1S/C22H19N3O2S/c26-20(15-11-12-15)24-16-6-4-7-17(14-16)25-21(27)19-10-5-13-23-22(19)28-18-8-2-1-3-9-18/h1-10,13-15H,11-12H2,(H,24,26)(H,25,27). The lowest BCUT2D eigenvalue weighted by atomic mass is 10.2. The van der Waals surface area contributed by atoms with Gasteiger partial charge in [-0.15, -0.1) is 0 Å². The van der Waals surface area contributed by atoms with Crippen molar-refractivity contribution in [2.24, 2.45) is 5.92 Å². The maximum atomic E-state index is 12.8. The summed E-state index contributed by atoms with van der Waals surface area (Å²) in [5.74, 6) is -0.0688. The highest BCUT2D eigenvalue weighted by atomic mass is 32.2. The minimum Gasteiger partial charge on any atom is -0.326 e. The SMILES string of the molecule is O=C(Nc1cccc(NC(=O)C2CC2)c1)c1cccnc1Sc1ccccc1. The van der Waals surface area contributed by atoms with Crippen LogP contribution in [0.1, 0.15) is 23.2 Å². The number of nitrogens with zero attached hydrogens (tertiary/aromatic N) is 1. The Morgan fingerprint density at radius 3 is 2.39 bits per heavy atom. The first-order valence-corrected chi connectivity index (χ1v) is 9.91. The zero-order valence-corrected chi connectivity index (χ0v) is 15.9. The van der Waals surface area contributed by atoms with Gasteiger partial charge in [0.15, 0.2) is 0 Å². The van der Waals surface area contributed by atoms with Gasteiger partial charge in [-0.25, -0.2) is 4.98 Å². The molecule has 0 atom stereocenters. The van der Waals surface area contributed by atoms with E-state index in [2.05, 4.69) is 15.6 Å². The zero-order chi connectivity index (χ0) is 19.3. The van der Waals surface area contributed by atoms with Crippen molar-refractivity contribution in [2.45, 2.75) is 22.8 Å². The summed E-state index contributed by atoms with van der Waals surface area (Å²) in [4.78, 5) is 30.1. The Balaban J connectivity index is 1.49. The first-order valence-electron chi connectivity index (χ1n) is 9.09. The van der Waals surface area contributed by atoms with Crippen molar-refractivity contribution in [2.75, 3.05) is 10.6 Å². The molecule has 6 heteroatoms. The van der Waals surface area contributed by atoms with Crippen molar-refractivity contribution in [3.63, 3.8) is 0 Å². The molecule has 2 aromatic carbocycles. The lowest BCUT2D eigenvalue weighted by molar-refractivity contribution is -0.117. The summed E-state index contributed by atoms with van der Waals surface area (Å²) in [6, 6.07) is 20.5. The molecule has 3 aromatic rings. The highest BCUT2D eigenvalue weighted by molar-refractivity contribution is 7.99. The molecule has 0 spiro atoms. The van der Waals surface area contributed by atoms with Crippen LogP contribution in [-0.4, -0.2) is 16.8 Å². The normalized spacial score (nSPS) is 13.0. The van der Waals surface area contributed by atoms with E-state index in [0.29, 0.717) is 22.0 Å². The molecule has 0 radical (unpaired) electrons. The molecule has 1 heterocycles. The third-order valence-electron chi connectivity index (χ3n) is 4.31. The fourth-order valence-electron chi connectivity index (χ4n) is 2.71. The van der Waals surface area contributed by atoms with E-state index in [9.17, 15) is 9.59 Å². The highest BCUT2D eigenvalue weighted by Crippen LogP contribution is 2.31. The Morgan fingerprint density at radius 2 is 1.64 bits per heavy atom. The fraction of sp³-hybridized carbons (Fsp3) is 0.136. The van der Waals surface area contributed by atoms with Gasteiger partial charge in [-0.05, 0) is 55.3 Å². The molecule has 1 aromatic heterocycles. The maximum Gasteiger partial charge on any atom is 0.258 e. The highest BCUT2D eigenvalue weighted by Gasteiger charge is 2.29. The molecular formula is C22H19N3O2S. The molecule has 4 rings (SSSR count). The van der Waals surface area contributed by atoms with Gasteiger partial charge in [0.2, 0.25) is 5.91 Å². The van der Waals surface area contributed by atoms with Crippen LogP contribution >= 0.6 is 11.8 Å². The molecule has 2 N–H and O–H groups in total. The van der Waals surface area contributed by atoms with Crippen molar-refractivity contribution < 1.29 is 9.59 Å². The number of hydrogen-bond donors (Lipinski definition) is 2. The number of amides is 2. The Hall–Kier alpha value is -3.12. The van der Waals surface area contributed by atoms with Crippen LogP contribution in [-0.2, 0) is 4.79 Å². The van der Waals surface area contributed by atoms with Crippen LogP contribution in [0.2, 0.25) is 0 Å². The topological polar surface area (TPSA) is 71.1 Å². The quantitative estimate of drug-likeness (QED) is 0.633. The maximum absolute atomic E-state index is 12.8. The van der Waals surface area contributed by atoms with Crippen molar-refractivity contribution in [1.29, 1.82) is 0 Å². The second-order valence-electron chi connectivity index (χ2n) is 6.57. The predicted octanol–water partition coefficient (Wildman–Crippen LogP) is 4.83. The average molecular weight is 389 g/mol. The summed E-state index contributed by atoms with van der Waals surface area (Å²) in [5.41, 5.74) is 1.81. The summed E-state index contributed by atoms with van der Waals surface area (Å²) in [5, 5.41) is 6.44. The van der Waals surface area contributed by atoms with Gasteiger partial charge in [0.05, 0.1) is 5.56 Å². The molecule has 1 aliphatic rings. The van der Waals surface area contributed by atoms with Crippen molar-refractivity contribution >= 4 is 35.0 Å². The zero-order valence-electron chi connectivity index (χ0n) is 15.1. The van der Waals surface area contributed by atoms with Crippen LogP contribution in [0.4, 0.5) is 11.4 Å². The number of nitrogens with one attached hydrogen (secondary N) is 2. The molecule has 0 unspecified atom stereocenters. The lowest BCUT2D eigenvalue weighted by Crippen LogP contribution is -2.15. The molecule has 5 nitrogen and oxygen atoms in total. The average Bonchev–Trinajstić information content (AvgIpc) is 3.55. The van der Waals surface area contributed by atoms with Gasteiger partial charge in [0.25, 0.3) is 5.91 Å². The Kier molecular flexibility index (Phi) is 5.39. The second-order valence-corrected chi connectivity index (χ2v) is 7.63. The summed E-state index contributed by atoms with van der Waals surface area (Å²) in [7, 11) is 0. The molecule has 1 fully saturated rings. The monoisotopic (exact) mass is 389 g/mol. The van der Waals surface area contributed by atoms with E-state index in [1.165, 1.54) is 11.8 Å². The fourth-order valence-corrected chi connectivity index (χ4v) is 3.61. The van der Waals surface area contributed by atoms with Gasteiger partial charge in [0.1, 0.15) is 5.03 Å². The van der Waals surface area contributed by atoms with Crippen molar-refractivity contribution in [1.82, 2.24) is 4.98 Å². The third-order valence-corrected chi connectivity index (χ3v) is 5.34. The van der Waals surface area contributed by atoms with Gasteiger partial charge in [-0.2, -0.15) is 0 Å². The van der Waals surface area contributed by atoms with E-state index in [-0.39, 0.29) is 17.7 Å². The largest absolute Gasteiger partial charge is 0.326 e. The summed E-state index contributed by atoms with van der Waals surface area (Å²) in [6.07, 6.45) is 3.58. The number of carbonyl (C=O) groups is 2. The molecule has 0 bridgehead atoms. The minimum absolute atomic E-state index is 0.0392. The molecule has 28 heavy (non-hydrogen) atoms. The minimum atomic E-state index is -0.239. The number of pyridine rings is 1. The Bertz CT molecular complexity index is 1000. The van der Waals surface area contributed by atoms with E-state index >= 15 is 0 Å². The number of aromatic nitrogens is 1. The van der Waals surface area contributed by atoms with E-state index < -0.39 is 0 Å². The smallest absolute Gasteiger partial charge is 0.258 e. The summed E-state index contributed by atoms with van der Waals surface area (Å²) in [6.45, 7) is 0. The Labute approximate surface area is 167 Å². The lowest BCUT2D eigenvalue weighted by Gasteiger charge is -2.11. The van der Waals surface area contributed by atoms with Gasteiger partial charge in [0, 0.05) is 28.4 Å². The molecule has 1 saturated carbocycles. The van der Waals surface area contributed by atoms with E-state index in [1.807, 2.05) is 36.4 Å². The third kappa shape index (κ3) is 4.58. The van der Waals surface area contributed by atoms with Gasteiger partial charge in [-0.3, -0.25) is 9.59 Å². The van der Waals surface area contributed by atoms with Crippen molar-refractivity contribution in [3.8, 4) is 0 Å². The van der Waals surface area contributed by atoms with Crippen LogP contribution in [0, 0.1) is 5.92 Å². The summed E-state index contributed by atoms with van der Waals surface area (Å²) < 4.78 is 0. The first kappa shape index (κ1) is 18.3. The molecular weight excluding hydrogens is 370 g/mol. The number of anilines is 2. The number of rotatable bonds is 6. The predicted molar refractivity (Wildman–Crippen MR) is 111 cm³/mol. The van der Waals surface area contributed by atoms with Crippen LogP contribution < -0.4 is 10.6 Å². The number of carbonyl (C=O) groups excluding carboxylic acids is 2. The van der Waals surface area contributed by atoms with E-state index in [0.717, 1.165) is 17.7 Å². The van der Waals surface area contributed by atoms with Crippen molar-refractivity contribution in [3.05, 3.63) is 78.5 Å². The second kappa shape index (κ2) is 8.27. The van der Waals surface area contributed by atoms with Crippen LogP contribution in [0.15, 0.2) is 82.8 Å². The number of benzene rings is 2. The van der Waals surface area contributed by atoms with Gasteiger partial charge >= 0.3 is 0 Å². The molecule has 140 valence electrons. The van der Waals surface area contributed by atoms with Crippen LogP contribution in [0.25, 0.3) is 0 Å². The molecule has 2 amide bonds. The molecule has 1 aliphatic carbocycles. The first-order chi connectivity index (χ1) is 13.7. The molecule has 0 saturated heterocycles. The molecule has 0 aliphatic heterocycles. The van der Waals surface area contributed by atoms with E-state index in [4.69, 9.17) is 0 Å². The Morgan fingerprint density at radius 1 is 0.893 bits per heavy atom. The van der Waals surface area contributed by atoms with Gasteiger partial charge in [-0.1, -0.05) is 36.0 Å². The van der Waals surface area contributed by atoms with E-state index in [1.54, 1.807) is 36.5 Å². The van der Waals surface area contributed by atoms with Crippen LogP contribution in [0.3, 0.4) is 0 Å². The van der Waals surface area contributed by atoms with Crippen LogP contribution in [0.5, 0.6) is 0 Å². The van der Waals surface area contributed by atoms with Gasteiger partial charge < -0.3 is 10.6 Å². The number of hydrogen-bond acceptors (Lipinski definition) is 4. The summed E-state index contributed by atoms with van der Waals surface area (Å²) >= 11 is 1.45.